The third-order valence-corrected chi connectivity index (χ3v) is 5.08. The Hall–Kier alpha value is -1.51. The van der Waals surface area contributed by atoms with Gasteiger partial charge in [-0.2, -0.15) is 0 Å². The maximum atomic E-state index is 12.5. The molecule has 1 fully saturated rings. The largest absolute Gasteiger partial charge is 0.497 e. The van der Waals surface area contributed by atoms with Gasteiger partial charge in [-0.15, -0.1) is 0 Å². The van der Waals surface area contributed by atoms with Crippen LogP contribution >= 0.6 is 0 Å². The minimum absolute atomic E-state index is 0.211. The van der Waals surface area contributed by atoms with E-state index in [1.54, 1.807) is 7.11 Å². The van der Waals surface area contributed by atoms with E-state index in [2.05, 4.69) is 13.8 Å². The molecule has 3 nitrogen and oxygen atoms in total. The fourth-order valence-electron chi connectivity index (χ4n) is 3.79. The molecule has 3 rings (SSSR count). The lowest BCUT2D eigenvalue weighted by atomic mass is 9.70. The second-order valence-electron chi connectivity index (χ2n) is 6.85. The molecule has 0 saturated heterocycles. The monoisotopic (exact) mass is 288 g/mol. The number of Topliss-reactive ketones (excluding diaryl/α,β-unsaturated/α-hetero) is 1. The van der Waals surface area contributed by atoms with Gasteiger partial charge in [0, 0.05) is 6.07 Å². The second-order valence-corrected chi connectivity index (χ2v) is 6.85. The van der Waals surface area contributed by atoms with E-state index >= 15 is 0 Å². The van der Waals surface area contributed by atoms with Crippen molar-refractivity contribution in [2.24, 2.45) is 11.8 Å². The number of benzene rings is 1. The van der Waals surface area contributed by atoms with Gasteiger partial charge in [0.15, 0.2) is 5.78 Å². The Bertz CT molecular complexity index is 549. The van der Waals surface area contributed by atoms with Crippen LogP contribution in [0, 0.1) is 11.8 Å². The molecule has 1 saturated carbocycles. The van der Waals surface area contributed by atoms with Crippen molar-refractivity contribution < 1.29 is 14.3 Å². The van der Waals surface area contributed by atoms with E-state index in [-0.39, 0.29) is 11.4 Å². The second kappa shape index (κ2) is 5.36. The normalized spacial score (nSPS) is 28.4. The third kappa shape index (κ3) is 2.66. The van der Waals surface area contributed by atoms with Gasteiger partial charge in [-0.25, -0.2) is 0 Å². The molecule has 1 heterocycles. The van der Waals surface area contributed by atoms with Gasteiger partial charge in [0.25, 0.3) is 0 Å². The molecule has 0 N–H and O–H groups in total. The quantitative estimate of drug-likeness (QED) is 0.816. The zero-order chi connectivity index (χ0) is 15.0. The molecule has 21 heavy (non-hydrogen) atoms. The summed E-state index contributed by atoms with van der Waals surface area (Å²) in [5.41, 5.74) is 0.414. The van der Waals surface area contributed by atoms with Gasteiger partial charge < -0.3 is 9.47 Å². The number of carbonyl (C=O) groups excluding carboxylic acids is 1. The van der Waals surface area contributed by atoms with Crippen LogP contribution in [0.25, 0.3) is 0 Å². The summed E-state index contributed by atoms with van der Waals surface area (Å²) in [7, 11) is 1.64. The molecule has 114 valence electrons. The van der Waals surface area contributed by atoms with E-state index in [4.69, 9.17) is 9.47 Å². The summed E-state index contributed by atoms with van der Waals surface area (Å²) in [6, 6.07) is 5.51. The highest BCUT2D eigenvalue weighted by atomic mass is 16.5. The fraction of sp³-hybridized carbons (Fsp3) is 0.611. The van der Waals surface area contributed by atoms with E-state index in [0.29, 0.717) is 29.6 Å². The molecule has 1 aromatic carbocycles. The Balaban J connectivity index is 1.91. The molecule has 0 radical (unpaired) electrons. The molecule has 2 unspecified atom stereocenters. The maximum absolute atomic E-state index is 12.5. The van der Waals surface area contributed by atoms with Crippen LogP contribution in [0.5, 0.6) is 11.5 Å². The lowest BCUT2D eigenvalue weighted by Gasteiger charge is -2.44. The molecule has 0 aromatic heterocycles. The highest BCUT2D eigenvalue weighted by molar-refractivity contribution is 6.00. The molecule has 2 aliphatic rings. The molecular weight excluding hydrogens is 264 g/mol. The van der Waals surface area contributed by atoms with Crippen molar-refractivity contribution >= 4 is 5.78 Å². The van der Waals surface area contributed by atoms with Crippen molar-refractivity contribution in [3.05, 3.63) is 23.8 Å². The van der Waals surface area contributed by atoms with Gasteiger partial charge >= 0.3 is 0 Å². The average Bonchev–Trinajstić information content (AvgIpc) is 2.46. The average molecular weight is 288 g/mol. The van der Waals surface area contributed by atoms with Crippen LogP contribution in [-0.2, 0) is 0 Å². The zero-order valence-electron chi connectivity index (χ0n) is 13.1. The molecular formula is C18H24O3. The Morgan fingerprint density at radius 3 is 2.90 bits per heavy atom. The molecule has 3 heteroatoms. The van der Waals surface area contributed by atoms with Crippen LogP contribution in [0.1, 0.15) is 56.3 Å². The first kappa shape index (κ1) is 14.4. The van der Waals surface area contributed by atoms with E-state index in [9.17, 15) is 4.79 Å². The summed E-state index contributed by atoms with van der Waals surface area (Å²) in [6.07, 6.45) is 4.90. The number of fused-ring (bicyclic) bond motifs is 1. The third-order valence-electron chi connectivity index (χ3n) is 5.08. The van der Waals surface area contributed by atoms with Crippen molar-refractivity contribution in [1.82, 2.24) is 0 Å². The highest BCUT2D eigenvalue weighted by Crippen LogP contribution is 2.46. The number of hydrogen-bond donors (Lipinski definition) is 0. The fourth-order valence-corrected chi connectivity index (χ4v) is 3.79. The van der Waals surface area contributed by atoms with Crippen LogP contribution in [0.2, 0.25) is 0 Å². The molecule has 1 aliphatic carbocycles. The first-order valence-corrected chi connectivity index (χ1v) is 7.93. The van der Waals surface area contributed by atoms with Crippen molar-refractivity contribution in [3.63, 3.8) is 0 Å². The van der Waals surface area contributed by atoms with E-state index in [1.165, 1.54) is 6.42 Å². The number of rotatable bonds is 2. The summed E-state index contributed by atoms with van der Waals surface area (Å²) >= 11 is 0. The van der Waals surface area contributed by atoms with Gasteiger partial charge in [0.1, 0.15) is 17.1 Å². The number of hydrogen-bond acceptors (Lipinski definition) is 3. The number of ether oxygens (including phenoxy) is 2. The summed E-state index contributed by atoms with van der Waals surface area (Å²) in [4.78, 5) is 12.5. The van der Waals surface area contributed by atoms with Gasteiger partial charge in [0.05, 0.1) is 19.1 Å². The lowest BCUT2D eigenvalue weighted by Crippen LogP contribution is -2.46. The predicted molar refractivity (Wildman–Crippen MR) is 82.1 cm³/mol. The molecule has 2 atom stereocenters. The van der Waals surface area contributed by atoms with Crippen molar-refractivity contribution in [2.45, 2.75) is 51.6 Å². The smallest absolute Gasteiger partial charge is 0.170 e. The number of ketones is 1. The van der Waals surface area contributed by atoms with Crippen LogP contribution in [0.15, 0.2) is 18.2 Å². The van der Waals surface area contributed by atoms with Crippen molar-refractivity contribution in [2.75, 3.05) is 7.11 Å². The Labute approximate surface area is 126 Å². The van der Waals surface area contributed by atoms with Crippen LogP contribution in [0.3, 0.4) is 0 Å². The van der Waals surface area contributed by atoms with Crippen LogP contribution in [0.4, 0.5) is 0 Å². The van der Waals surface area contributed by atoms with Crippen molar-refractivity contribution in [3.8, 4) is 11.5 Å². The standard InChI is InChI=1S/C18H24O3/c1-12(2)13-5-4-8-18(10-13)11-16(19)15-7-6-14(20-3)9-17(15)21-18/h6-7,9,12-13H,4-5,8,10-11H2,1-3H3. The maximum Gasteiger partial charge on any atom is 0.170 e. The summed E-state index contributed by atoms with van der Waals surface area (Å²) in [5, 5.41) is 0. The number of carbonyl (C=O) groups is 1. The van der Waals surface area contributed by atoms with Gasteiger partial charge in [-0.05, 0) is 49.7 Å². The van der Waals surface area contributed by atoms with E-state index in [0.717, 1.165) is 25.0 Å². The minimum Gasteiger partial charge on any atom is -0.497 e. The molecule has 1 aromatic rings. The van der Waals surface area contributed by atoms with E-state index < -0.39 is 0 Å². The van der Waals surface area contributed by atoms with Gasteiger partial charge in [0.2, 0.25) is 0 Å². The molecule has 0 amide bonds. The Kier molecular flexibility index (Phi) is 3.68. The number of methoxy groups -OCH3 is 1. The molecule has 1 spiro atoms. The van der Waals surface area contributed by atoms with Crippen LogP contribution in [-0.4, -0.2) is 18.5 Å². The Morgan fingerprint density at radius 2 is 2.19 bits per heavy atom. The zero-order valence-corrected chi connectivity index (χ0v) is 13.1. The summed E-state index contributed by atoms with van der Waals surface area (Å²) in [6.45, 7) is 4.54. The van der Waals surface area contributed by atoms with Gasteiger partial charge in [-0.1, -0.05) is 13.8 Å². The first-order valence-electron chi connectivity index (χ1n) is 7.93. The minimum atomic E-state index is -0.288. The predicted octanol–water partition coefficient (Wildman–Crippen LogP) is 4.25. The van der Waals surface area contributed by atoms with E-state index in [1.807, 2.05) is 18.2 Å². The molecule has 1 aliphatic heterocycles. The topological polar surface area (TPSA) is 35.5 Å². The summed E-state index contributed by atoms with van der Waals surface area (Å²) < 4.78 is 11.6. The summed E-state index contributed by atoms with van der Waals surface area (Å²) in [5.74, 6) is 2.96. The van der Waals surface area contributed by atoms with Crippen molar-refractivity contribution in [1.29, 1.82) is 0 Å². The Morgan fingerprint density at radius 1 is 1.38 bits per heavy atom. The van der Waals surface area contributed by atoms with Crippen LogP contribution < -0.4 is 9.47 Å². The lowest BCUT2D eigenvalue weighted by molar-refractivity contribution is -0.0117. The SMILES string of the molecule is COc1ccc2c(c1)OC1(CCCC(C(C)C)C1)CC2=O. The molecule has 0 bridgehead atoms. The van der Waals surface area contributed by atoms with Gasteiger partial charge in [-0.3, -0.25) is 4.79 Å². The first-order chi connectivity index (χ1) is 10.0. The highest BCUT2D eigenvalue weighted by Gasteiger charge is 2.44.